The molecule has 104 valence electrons. The summed E-state index contributed by atoms with van der Waals surface area (Å²) in [7, 11) is 0. The molecule has 4 N–H and O–H groups in total. The molecule has 0 bridgehead atoms. The summed E-state index contributed by atoms with van der Waals surface area (Å²) in [6.07, 6.45) is 4.97. The Morgan fingerprint density at radius 3 is 2.50 bits per heavy atom. The van der Waals surface area contributed by atoms with Crippen LogP contribution in [0.3, 0.4) is 0 Å². The highest BCUT2D eigenvalue weighted by Gasteiger charge is 2.25. The third-order valence-corrected chi connectivity index (χ3v) is 3.41. The number of rotatable bonds is 7. The van der Waals surface area contributed by atoms with Crippen LogP contribution in [-0.2, 0) is 9.59 Å². The van der Waals surface area contributed by atoms with Crippen LogP contribution in [0, 0.1) is 5.92 Å². The monoisotopic (exact) mass is 255 g/mol. The average molecular weight is 255 g/mol. The van der Waals surface area contributed by atoms with Crippen molar-refractivity contribution in [1.29, 1.82) is 0 Å². The number of nitrogens with one attached hydrogen (secondary N) is 2. The first kappa shape index (κ1) is 15.0. The van der Waals surface area contributed by atoms with Gasteiger partial charge < -0.3 is 16.4 Å². The molecule has 0 spiro atoms. The molecule has 0 aromatic rings. The van der Waals surface area contributed by atoms with E-state index in [4.69, 9.17) is 5.73 Å². The van der Waals surface area contributed by atoms with Gasteiger partial charge in [0.05, 0.1) is 0 Å². The molecular formula is C13H25N3O2. The fraction of sp³-hybridized carbons (Fsp3) is 0.846. The molecule has 5 heteroatoms. The Morgan fingerprint density at radius 1 is 1.17 bits per heavy atom. The highest BCUT2D eigenvalue weighted by Crippen LogP contribution is 2.26. The van der Waals surface area contributed by atoms with Crippen molar-refractivity contribution in [3.05, 3.63) is 0 Å². The van der Waals surface area contributed by atoms with Crippen molar-refractivity contribution in [2.24, 2.45) is 11.7 Å². The maximum atomic E-state index is 11.6. The Morgan fingerprint density at radius 2 is 1.89 bits per heavy atom. The summed E-state index contributed by atoms with van der Waals surface area (Å²) in [5, 5.41) is 5.56. The fourth-order valence-corrected chi connectivity index (χ4v) is 2.30. The lowest BCUT2D eigenvalue weighted by atomic mass is 10.00. The highest BCUT2D eigenvalue weighted by molar-refractivity contribution is 5.79. The van der Waals surface area contributed by atoms with Crippen LogP contribution in [0.25, 0.3) is 0 Å². The molecular weight excluding hydrogens is 230 g/mol. The summed E-state index contributed by atoms with van der Waals surface area (Å²) in [4.78, 5) is 22.9. The van der Waals surface area contributed by atoms with Gasteiger partial charge in [-0.3, -0.25) is 9.59 Å². The zero-order chi connectivity index (χ0) is 13.4. The summed E-state index contributed by atoms with van der Waals surface area (Å²) < 4.78 is 0. The molecule has 1 rings (SSSR count). The van der Waals surface area contributed by atoms with E-state index in [2.05, 4.69) is 10.6 Å². The lowest BCUT2D eigenvalue weighted by Gasteiger charge is -2.14. The Kier molecular flexibility index (Phi) is 6.72. The van der Waals surface area contributed by atoms with Crippen LogP contribution in [-0.4, -0.2) is 30.9 Å². The fourth-order valence-electron chi connectivity index (χ4n) is 2.30. The van der Waals surface area contributed by atoms with Gasteiger partial charge in [0.1, 0.15) is 0 Å². The quantitative estimate of drug-likeness (QED) is 0.620. The first-order chi connectivity index (χ1) is 8.63. The smallest absolute Gasteiger partial charge is 0.221 e. The zero-order valence-corrected chi connectivity index (χ0v) is 11.2. The van der Waals surface area contributed by atoms with E-state index < -0.39 is 0 Å². The lowest BCUT2D eigenvalue weighted by Crippen LogP contribution is -2.34. The van der Waals surface area contributed by atoms with Crippen molar-refractivity contribution in [2.75, 3.05) is 13.1 Å². The van der Waals surface area contributed by atoms with Crippen molar-refractivity contribution in [3.8, 4) is 0 Å². The minimum atomic E-state index is -0.00489. The van der Waals surface area contributed by atoms with Crippen molar-refractivity contribution in [1.82, 2.24) is 10.6 Å². The number of carbonyl (C=O) groups is 2. The van der Waals surface area contributed by atoms with Crippen LogP contribution in [0.2, 0.25) is 0 Å². The molecule has 0 saturated heterocycles. The van der Waals surface area contributed by atoms with E-state index in [-0.39, 0.29) is 17.9 Å². The third-order valence-electron chi connectivity index (χ3n) is 3.41. The standard InChI is InChI=1S/C13H25N3O2/c1-2-7-15-12(17)6-8-16-13(18)9-10-4-3-5-11(10)14/h10-11H,2-9,14H2,1H3,(H,15,17)(H,16,18)/t10-,11+/m0/s1. The van der Waals surface area contributed by atoms with Crippen LogP contribution in [0.1, 0.15) is 45.4 Å². The van der Waals surface area contributed by atoms with Crippen molar-refractivity contribution in [2.45, 2.75) is 51.5 Å². The lowest BCUT2D eigenvalue weighted by molar-refractivity contribution is -0.122. The Hall–Kier alpha value is -1.10. The van der Waals surface area contributed by atoms with Gasteiger partial charge in [-0.15, -0.1) is 0 Å². The summed E-state index contributed by atoms with van der Waals surface area (Å²) >= 11 is 0. The van der Waals surface area contributed by atoms with Crippen molar-refractivity contribution in [3.63, 3.8) is 0 Å². The number of carbonyl (C=O) groups excluding carboxylic acids is 2. The summed E-state index contributed by atoms with van der Waals surface area (Å²) in [5.74, 6) is 0.328. The minimum absolute atomic E-state index is 0.00489. The summed E-state index contributed by atoms with van der Waals surface area (Å²) in [6.45, 7) is 3.12. The molecule has 18 heavy (non-hydrogen) atoms. The van der Waals surface area contributed by atoms with Gasteiger partial charge in [0.25, 0.3) is 0 Å². The zero-order valence-electron chi connectivity index (χ0n) is 11.2. The first-order valence-electron chi connectivity index (χ1n) is 6.92. The van der Waals surface area contributed by atoms with Crippen LogP contribution in [0.4, 0.5) is 0 Å². The molecule has 0 radical (unpaired) electrons. The van der Waals surface area contributed by atoms with E-state index >= 15 is 0 Å². The van der Waals surface area contributed by atoms with E-state index in [1.165, 1.54) is 0 Å². The van der Waals surface area contributed by atoms with Crippen molar-refractivity contribution >= 4 is 11.8 Å². The number of nitrogens with two attached hydrogens (primary N) is 1. The molecule has 0 aromatic carbocycles. The molecule has 1 aliphatic carbocycles. The van der Waals surface area contributed by atoms with E-state index in [0.717, 1.165) is 25.7 Å². The molecule has 1 saturated carbocycles. The predicted molar refractivity (Wildman–Crippen MR) is 70.9 cm³/mol. The van der Waals surface area contributed by atoms with Gasteiger partial charge in [0.2, 0.25) is 11.8 Å². The van der Waals surface area contributed by atoms with Gasteiger partial charge in [-0.1, -0.05) is 13.3 Å². The molecule has 0 heterocycles. The maximum absolute atomic E-state index is 11.6. The predicted octanol–water partition coefficient (Wildman–Crippen LogP) is 0.536. The first-order valence-corrected chi connectivity index (χ1v) is 6.92. The second-order valence-electron chi connectivity index (χ2n) is 5.01. The highest BCUT2D eigenvalue weighted by atomic mass is 16.2. The van der Waals surface area contributed by atoms with Crippen molar-refractivity contribution < 1.29 is 9.59 Å². The minimum Gasteiger partial charge on any atom is -0.356 e. The molecule has 2 amide bonds. The van der Waals surface area contributed by atoms with Crippen LogP contribution in [0.5, 0.6) is 0 Å². The topological polar surface area (TPSA) is 84.2 Å². The van der Waals surface area contributed by atoms with E-state index in [9.17, 15) is 9.59 Å². The molecule has 1 aliphatic rings. The maximum Gasteiger partial charge on any atom is 0.221 e. The van der Waals surface area contributed by atoms with E-state index in [0.29, 0.717) is 31.8 Å². The molecule has 2 atom stereocenters. The SMILES string of the molecule is CCCNC(=O)CCNC(=O)C[C@@H]1CCC[C@H]1N. The van der Waals surface area contributed by atoms with Crippen LogP contribution in [0.15, 0.2) is 0 Å². The van der Waals surface area contributed by atoms with Crippen LogP contribution < -0.4 is 16.4 Å². The number of hydrogen-bond acceptors (Lipinski definition) is 3. The number of amides is 2. The van der Waals surface area contributed by atoms with Gasteiger partial charge in [0, 0.05) is 32.0 Å². The second kappa shape index (κ2) is 8.08. The summed E-state index contributed by atoms with van der Waals surface area (Å²) in [5.41, 5.74) is 5.91. The largest absolute Gasteiger partial charge is 0.356 e. The van der Waals surface area contributed by atoms with Gasteiger partial charge in [-0.2, -0.15) is 0 Å². The second-order valence-corrected chi connectivity index (χ2v) is 5.01. The molecule has 0 unspecified atom stereocenters. The van der Waals surface area contributed by atoms with Gasteiger partial charge in [0.15, 0.2) is 0 Å². The van der Waals surface area contributed by atoms with Gasteiger partial charge >= 0.3 is 0 Å². The molecule has 5 nitrogen and oxygen atoms in total. The van der Waals surface area contributed by atoms with Gasteiger partial charge in [-0.25, -0.2) is 0 Å². The molecule has 1 fully saturated rings. The van der Waals surface area contributed by atoms with Crippen LogP contribution >= 0.6 is 0 Å². The average Bonchev–Trinajstić information content (AvgIpc) is 2.72. The van der Waals surface area contributed by atoms with E-state index in [1.807, 2.05) is 6.92 Å². The number of hydrogen-bond donors (Lipinski definition) is 3. The Labute approximate surface area is 109 Å². The van der Waals surface area contributed by atoms with E-state index in [1.54, 1.807) is 0 Å². The molecule has 0 aromatic heterocycles. The van der Waals surface area contributed by atoms with Gasteiger partial charge in [-0.05, 0) is 25.2 Å². The normalized spacial score (nSPS) is 22.8. The summed E-state index contributed by atoms with van der Waals surface area (Å²) in [6, 6.07) is 0.170. The third kappa shape index (κ3) is 5.49. The Bertz CT molecular complexity index is 281. The molecule has 0 aliphatic heterocycles. The Balaban J connectivity index is 2.08.